The fraction of sp³-hybridized carbons (Fsp3) is 0.333. The quantitative estimate of drug-likeness (QED) is 0.700. The second-order valence-electron chi connectivity index (χ2n) is 6.59. The number of ether oxygens (including phenoxy) is 2. The lowest BCUT2D eigenvalue weighted by atomic mass is 10.1. The first-order valence-corrected chi connectivity index (χ1v) is 8.93. The smallest absolute Gasteiger partial charge is 0.269 e. The first-order valence-electron chi connectivity index (χ1n) is 8.93. The highest BCUT2D eigenvalue weighted by molar-refractivity contribution is 5.95. The van der Waals surface area contributed by atoms with Crippen LogP contribution in [0.4, 0.5) is 0 Å². The van der Waals surface area contributed by atoms with Gasteiger partial charge in [0.05, 0.1) is 20.1 Å². The van der Waals surface area contributed by atoms with Crippen LogP contribution < -0.4 is 20.3 Å². The summed E-state index contributed by atoms with van der Waals surface area (Å²) >= 11 is 0. The van der Waals surface area contributed by atoms with Gasteiger partial charge in [-0.15, -0.1) is 0 Å². The van der Waals surface area contributed by atoms with Gasteiger partial charge in [-0.2, -0.15) is 0 Å². The summed E-state index contributed by atoms with van der Waals surface area (Å²) in [6.45, 7) is 4.92. The number of carbonyl (C=O) groups is 2. The molecule has 0 aromatic heterocycles. The molecule has 2 rings (SSSR count). The van der Waals surface area contributed by atoms with E-state index in [2.05, 4.69) is 24.7 Å². The van der Waals surface area contributed by atoms with E-state index in [4.69, 9.17) is 9.47 Å². The van der Waals surface area contributed by atoms with E-state index in [0.29, 0.717) is 29.6 Å². The molecule has 6 nitrogen and oxygen atoms in total. The van der Waals surface area contributed by atoms with Gasteiger partial charge in [0.2, 0.25) is 5.91 Å². The Morgan fingerprint density at radius 2 is 1.74 bits per heavy atom. The van der Waals surface area contributed by atoms with E-state index in [9.17, 15) is 9.59 Å². The first kappa shape index (κ1) is 20.3. The maximum absolute atomic E-state index is 12.1. The molecular formula is C21H26N2O4. The highest BCUT2D eigenvalue weighted by Gasteiger charge is 2.09. The zero-order valence-electron chi connectivity index (χ0n) is 16.0. The Balaban J connectivity index is 1.79. The number of amides is 2. The van der Waals surface area contributed by atoms with Gasteiger partial charge in [0.1, 0.15) is 11.5 Å². The van der Waals surface area contributed by atoms with Crippen molar-refractivity contribution in [2.75, 3.05) is 13.7 Å². The van der Waals surface area contributed by atoms with E-state index in [0.717, 1.165) is 12.0 Å². The first-order chi connectivity index (χ1) is 13.0. The van der Waals surface area contributed by atoms with Gasteiger partial charge < -0.3 is 9.47 Å². The van der Waals surface area contributed by atoms with Gasteiger partial charge in [0.15, 0.2) is 0 Å². The van der Waals surface area contributed by atoms with Crippen LogP contribution in [0.2, 0.25) is 0 Å². The number of benzene rings is 2. The van der Waals surface area contributed by atoms with Gasteiger partial charge in [-0.1, -0.05) is 26.0 Å². The largest absolute Gasteiger partial charge is 0.497 e. The Hall–Kier alpha value is -3.02. The van der Waals surface area contributed by atoms with Gasteiger partial charge in [-0.05, 0) is 54.3 Å². The van der Waals surface area contributed by atoms with Crippen LogP contribution in [-0.4, -0.2) is 25.5 Å². The van der Waals surface area contributed by atoms with E-state index >= 15 is 0 Å². The van der Waals surface area contributed by atoms with Crippen molar-refractivity contribution in [1.82, 2.24) is 10.9 Å². The predicted octanol–water partition coefficient (Wildman–Crippen LogP) is 3.12. The van der Waals surface area contributed by atoms with E-state index in [-0.39, 0.29) is 18.2 Å². The lowest BCUT2D eigenvalue weighted by Gasteiger charge is -2.10. The molecule has 2 aromatic rings. The lowest BCUT2D eigenvalue weighted by Crippen LogP contribution is -2.42. The number of methoxy groups -OCH3 is 1. The Labute approximate surface area is 159 Å². The molecule has 0 aliphatic carbocycles. The minimum atomic E-state index is -0.386. The van der Waals surface area contributed by atoms with Crippen molar-refractivity contribution in [3.05, 3.63) is 59.7 Å². The van der Waals surface area contributed by atoms with Crippen LogP contribution >= 0.6 is 0 Å². The molecule has 0 spiro atoms. The second kappa shape index (κ2) is 10.2. The van der Waals surface area contributed by atoms with Gasteiger partial charge in [-0.3, -0.25) is 20.4 Å². The number of hydrogen-bond donors (Lipinski definition) is 2. The topological polar surface area (TPSA) is 76.7 Å². The van der Waals surface area contributed by atoms with E-state index in [1.807, 2.05) is 12.1 Å². The van der Waals surface area contributed by atoms with Crippen molar-refractivity contribution in [2.45, 2.75) is 26.7 Å². The van der Waals surface area contributed by atoms with Crippen LogP contribution in [0.3, 0.4) is 0 Å². The van der Waals surface area contributed by atoms with Crippen molar-refractivity contribution in [3.8, 4) is 11.5 Å². The average molecular weight is 370 g/mol. The minimum absolute atomic E-state index is 0.139. The fourth-order valence-corrected chi connectivity index (χ4v) is 2.33. The maximum atomic E-state index is 12.1. The van der Waals surface area contributed by atoms with Crippen LogP contribution in [0.15, 0.2) is 48.5 Å². The molecule has 0 unspecified atom stereocenters. The Bertz CT molecular complexity index is 757. The minimum Gasteiger partial charge on any atom is -0.497 e. The summed E-state index contributed by atoms with van der Waals surface area (Å²) in [6, 6.07) is 14.0. The molecule has 2 amide bonds. The molecule has 0 aliphatic rings. The van der Waals surface area contributed by atoms with Crippen LogP contribution in [0.5, 0.6) is 11.5 Å². The zero-order valence-corrected chi connectivity index (χ0v) is 16.0. The van der Waals surface area contributed by atoms with Gasteiger partial charge in [0, 0.05) is 5.56 Å². The van der Waals surface area contributed by atoms with E-state index < -0.39 is 0 Å². The molecule has 6 heteroatoms. The molecule has 0 saturated carbocycles. The number of carbonyl (C=O) groups excluding carboxylic acids is 2. The standard InChI is InChI=1S/C21H26N2O4/c1-15(2)11-12-27-18-9-7-17(8-10-18)21(25)23-22-20(24)14-16-5-4-6-19(13-16)26-3/h4-10,13,15H,11-12,14H2,1-3H3,(H,22,24)(H,23,25). The summed E-state index contributed by atoms with van der Waals surface area (Å²) in [4.78, 5) is 24.1. The van der Waals surface area contributed by atoms with E-state index in [1.165, 1.54) is 0 Å². The van der Waals surface area contributed by atoms with Gasteiger partial charge in [0.25, 0.3) is 5.91 Å². The van der Waals surface area contributed by atoms with Crippen LogP contribution in [0.25, 0.3) is 0 Å². The molecule has 0 radical (unpaired) electrons. The number of hydrogen-bond acceptors (Lipinski definition) is 4. The summed E-state index contributed by atoms with van der Waals surface area (Å²) in [6.07, 6.45) is 1.11. The monoisotopic (exact) mass is 370 g/mol. The molecule has 0 heterocycles. The van der Waals surface area contributed by atoms with Crippen LogP contribution in [-0.2, 0) is 11.2 Å². The third-order valence-electron chi connectivity index (χ3n) is 3.89. The van der Waals surface area contributed by atoms with Crippen molar-refractivity contribution in [3.63, 3.8) is 0 Å². The number of rotatable bonds is 8. The van der Waals surface area contributed by atoms with Gasteiger partial charge in [-0.25, -0.2) is 0 Å². The summed E-state index contributed by atoms with van der Waals surface area (Å²) in [5.41, 5.74) is 6.07. The third kappa shape index (κ3) is 7.01. The summed E-state index contributed by atoms with van der Waals surface area (Å²) in [7, 11) is 1.57. The normalized spacial score (nSPS) is 10.4. The SMILES string of the molecule is COc1cccc(CC(=O)NNC(=O)c2ccc(OCCC(C)C)cc2)c1. The zero-order chi connectivity index (χ0) is 19.6. The van der Waals surface area contributed by atoms with Crippen LogP contribution in [0, 0.1) is 5.92 Å². The molecule has 0 aliphatic heterocycles. The highest BCUT2D eigenvalue weighted by Crippen LogP contribution is 2.14. The summed E-state index contributed by atoms with van der Waals surface area (Å²) in [5.74, 6) is 1.28. The Morgan fingerprint density at radius 1 is 1.00 bits per heavy atom. The highest BCUT2D eigenvalue weighted by atomic mass is 16.5. The van der Waals surface area contributed by atoms with Crippen molar-refractivity contribution < 1.29 is 19.1 Å². The molecule has 0 bridgehead atoms. The molecule has 2 N–H and O–H groups in total. The molecule has 0 fully saturated rings. The second-order valence-corrected chi connectivity index (χ2v) is 6.59. The van der Waals surface area contributed by atoms with E-state index in [1.54, 1.807) is 43.5 Å². The number of hydrazine groups is 1. The average Bonchev–Trinajstić information content (AvgIpc) is 2.66. The summed E-state index contributed by atoms with van der Waals surface area (Å²) in [5, 5.41) is 0. The van der Waals surface area contributed by atoms with Crippen molar-refractivity contribution in [1.29, 1.82) is 0 Å². The Kier molecular flexibility index (Phi) is 7.67. The molecular weight excluding hydrogens is 344 g/mol. The van der Waals surface area contributed by atoms with Gasteiger partial charge >= 0.3 is 0 Å². The number of nitrogens with one attached hydrogen (secondary N) is 2. The molecule has 0 saturated heterocycles. The fourth-order valence-electron chi connectivity index (χ4n) is 2.33. The van der Waals surface area contributed by atoms with Crippen LogP contribution in [0.1, 0.15) is 36.2 Å². The predicted molar refractivity (Wildman–Crippen MR) is 104 cm³/mol. The molecule has 2 aromatic carbocycles. The van der Waals surface area contributed by atoms with Crippen molar-refractivity contribution >= 4 is 11.8 Å². The van der Waals surface area contributed by atoms with Crippen molar-refractivity contribution in [2.24, 2.45) is 5.92 Å². The maximum Gasteiger partial charge on any atom is 0.269 e. The molecule has 27 heavy (non-hydrogen) atoms. The molecule has 144 valence electrons. The summed E-state index contributed by atoms with van der Waals surface area (Å²) < 4.78 is 10.7. The Morgan fingerprint density at radius 3 is 2.41 bits per heavy atom. The molecule has 0 atom stereocenters. The lowest BCUT2D eigenvalue weighted by molar-refractivity contribution is -0.121. The third-order valence-corrected chi connectivity index (χ3v) is 3.89.